The van der Waals surface area contributed by atoms with Crippen LogP contribution in [0.25, 0.3) is 0 Å². The van der Waals surface area contributed by atoms with Gasteiger partial charge in [-0.1, -0.05) is 42.5 Å². The lowest BCUT2D eigenvalue weighted by molar-refractivity contribution is -0.138. The normalized spacial score (nSPS) is 12.0. The number of aliphatic carboxylic acids is 2. The van der Waals surface area contributed by atoms with Gasteiger partial charge in [-0.25, -0.2) is 4.79 Å². The van der Waals surface area contributed by atoms with Gasteiger partial charge >= 0.3 is 18.0 Å². The molecule has 36 heavy (non-hydrogen) atoms. The molecule has 192 valence electrons. The third-order valence-electron chi connectivity index (χ3n) is 4.89. The fraction of sp³-hybridized carbons (Fsp3) is 0.292. The number of alkyl carbamates (subject to hydrolysis) is 1. The number of nitrogens with one attached hydrogen (secondary N) is 3. The van der Waals surface area contributed by atoms with Gasteiger partial charge in [-0.2, -0.15) is 0 Å². The number of hydrogen-bond acceptors (Lipinski definition) is 7. The molecule has 0 aliphatic carbocycles. The molecule has 12 nitrogen and oxygen atoms in total. The van der Waals surface area contributed by atoms with Crippen LogP contribution >= 0.6 is 0 Å². The van der Waals surface area contributed by atoms with Crippen molar-refractivity contribution < 1.29 is 44.0 Å². The van der Waals surface area contributed by atoms with Crippen molar-refractivity contribution in [1.29, 1.82) is 0 Å². The Kier molecular flexibility index (Phi) is 10.7. The van der Waals surface area contributed by atoms with Gasteiger partial charge in [0.05, 0.1) is 0 Å². The average Bonchev–Trinajstić information content (AvgIpc) is 2.85. The number of rotatable bonds is 13. The summed E-state index contributed by atoms with van der Waals surface area (Å²) in [6, 6.07) is 11.9. The summed E-state index contributed by atoms with van der Waals surface area (Å²) in [5, 5.41) is 34.2. The third kappa shape index (κ3) is 10.1. The number of carboxylic acids is 2. The maximum absolute atomic E-state index is 13.0. The van der Waals surface area contributed by atoms with Crippen LogP contribution in [0.5, 0.6) is 5.75 Å². The zero-order valence-corrected chi connectivity index (χ0v) is 19.2. The van der Waals surface area contributed by atoms with E-state index in [0.29, 0.717) is 11.1 Å². The highest BCUT2D eigenvalue weighted by atomic mass is 16.5. The number of hydrogen-bond donors (Lipinski definition) is 6. The summed E-state index contributed by atoms with van der Waals surface area (Å²) < 4.78 is 5.09. The Labute approximate surface area is 206 Å². The van der Waals surface area contributed by atoms with Crippen LogP contribution in [0, 0.1) is 0 Å². The first-order valence-electron chi connectivity index (χ1n) is 10.9. The number of phenols is 1. The Hall–Kier alpha value is -4.61. The standard InChI is InChI=1S/C24H27N3O9/c28-17-8-6-15(7-9-17)12-19(22(33)25-13-21(31)32)26-23(34)18(10-11-20(29)30)27-24(35)36-14-16-4-2-1-3-5-16/h1-9,18-19,28H,10-14H2,(H,25,33)(H,26,34)(H,27,35)(H,29,30)(H,31,32)/t18-,19-/m0/s1. The largest absolute Gasteiger partial charge is 0.508 e. The lowest BCUT2D eigenvalue weighted by Gasteiger charge is -2.23. The first kappa shape index (κ1) is 27.6. The van der Waals surface area contributed by atoms with Crippen molar-refractivity contribution in [3.05, 3.63) is 65.7 Å². The Morgan fingerprint density at radius 1 is 0.778 bits per heavy atom. The van der Waals surface area contributed by atoms with Crippen LogP contribution in [-0.2, 0) is 36.9 Å². The molecule has 0 bridgehead atoms. The molecule has 0 radical (unpaired) electrons. The van der Waals surface area contributed by atoms with E-state index in [1.165, 1.54) is 24.3 Å². The molecule has 6 N–H and O–H groups in total. The fourth-order valence-electron chi connectivity index (χ4n) is 3.08. The lowest BCUT2D eigenvalue weighted by atomic mass is 10.0. The van der Waals surface area contributed by atoms with Crippen LogP contribution in [0.2, 0.25) is 0 Å². The number of benzene rings is 2. The van der Waals surface area contributed by atoms with Gasteiger partial charge in [0.1, 0.15) is 31.0 Å². The van der Waals surface area contributed by atoms with Gasteiger partial charge in [-0.15, -0.1) is 0 Å². The van der Waals surface area contributed by atoms with E-state index >= 15 is 0 Å². The maximum Gasteiger partial charge on any atom is 0.408 e. The van der Waals surface area contributed by atoms with E-state index in [0.717, 1.165) is 0 Å². The molecule has 0 heterocycles. The van der Waals surface area contributed by atoms with E-state index in [2.05, 4.69) is 16.0 Å². The van der Waals surface area contributed by atoms with Crippen LogP contribution in [0.3, 0.4) is 0 Å². The minimum Gasteiger partial charge on any atom is -0.508 e. The Balaban J connectivity index is 2.11. The van der Waals surface area contributed by atoms with Crippen molar-refractivity contribution in [1.82, 2.24) is 16.0 Å². The van der Waals surface area contributed by atoms with E-state index in [-0.39, 0.29) is 25.2 Å². The van der Waals surface area contributed by atoms with Gasteiger partial charge in [-0.05, 0) is 29.7 Å². The van der Waals surface area contributed by atoms with Crippen LogP contribution in [-0.4, -0.2) is 63.8 Å². The van der Waals surface area contributed by atoms with Crippen molar-refractivity contribution >= 4 is 29.8 Å². The second kappa shape index (κ2) is 13.9. The summed E-state index contributed by atoms with van der Waals surface area (Å²) >= 11 is 0. The summed E-state index contributed by atoms with van der Waals surface area (Å²) in [6.07, 6.45) is -1.77. The second-order valence-electron chi connectivity index (χ2n) is 7.73. The van der Waals surface area contributed by atoms with E-state index < -0.39 is 54.9 Å². The molecule has 2 rings (SSSR count). The van der Waals surface area contributed by atoms with Crippen molar-refractivity contribution in [2.24, 2.45) is 0 Å². The minimum absolute atomic E-state index is 0.0124. The van der Waals surface area contributed by atoms with Crippen molar-refractivity contribution in [3.8, 4) is 5.75 Å². The molecular formula is C24H27N3O9. The van der Waals surface area contributed by atoms with Crippen molar-refractivity contribution in [2.75, 3.05) is 6.54 Å². The SMILES string of the molecule is O=C(O)CC[C@H](NC(=O)OCc1ccccc1)C(=O)N[C@@H](Cc1ccc(O)cc1)C(=O)NCC(=O)O. The molecule has 2 aromatic carbocycles. The van der Waals surface area contributed by atoms with Crippen LogP contribution in [0.1, 0.15) is 24.0 Å². The van der Waals surface area contributed by atoms with Crippen molar-refractivity contribution in [2.45, 2.75) is 38.0 Å². The van der Waals surface area contributed by atoms with Gasteiger partial charge in [-0.3, -0.25) is 19.2 Å². The average molecular weight is 501 g/mol. The molecule has 0 spiro atoms. The van der Waals surface area contributed by atoms with E-state index in [9.17, 15) is 29.1 Å². The molecular weight excluding hydrogens is 474 g/mol. The van der Waals surface area contributed by atoms with Gasteiger partial charge in [0.2, 0.25) is 11.8 Å². The van der Waals surface area contributed by atoms with E-state index in [4.69, 9.17) is 14.9 Å². The highest BCUT2D eigenvalue weighted by Crippen LogP contribution is 2.12. The molecule has 0 unspecified atom stereocenters. The van der Waals surface area contributed by atoms with Crippen molar-refractivity contribution in [3.63, 3.8) is 0 Å². The number of ether oxygens (including phenoxy) is 1. The first-order chi connectivity index (χ1) is 17.1. The zero-order chi connectivity index (χ0) is 26.5. The molecule has 2 aromatic rings. The van der Waals surface area contributed by atoms with Gasteiger partial charge < -0.3 is 36.0 Å². The summed E-state index contributed by atoms with van der Waals surface area (Å²) in [5.74, 6) is -4.17. The van der Waals surface area contributed by atoms with Crippen LogP contribution < -0.4 is 16.0 Å². The summed E-state index contributed by atoms with van der Waals surface area (Å²) in [6.45, 7) is -0.770. The molecule has 0 aliphatic heterocycles. The Bertz CT molecular complexity index is 1060. The lowest BCUT2D eigenvalue weighted by Crippen LogP contribution is -2.55. The van der Waals surface area contributed by atoms with E-state index in [1.54, 1.807) is 30.3 Å². The highest BCUT2D eigenvalue weighted by Gasteiger charge is 2.28. The molecule has 0 saturated heterocycles. The molecule has 0 fully saturated rings. The molecule has 0 aromatic heterocycles. The monoisotopic (exact) mass is 501 g/mol. The summed E-state index contributed by atoms with van der Waals surface area (Å²) in [5.41, 5.74) is 1.24. The highest BCUT2D eigenvalue weighted by molar-refractivity contribution is 5.92. The quantitative estimate of drug-likeness (QED) is 0.230. The number of carbonyl (C=O) groups excluding carboxylic acids is 3. The molecule has 0 aliphatic rings. The van der Waals surface area contributed by atoms with Crippen LogP contribution in [0.4, 0.5) is 4.79 Å². The van der Waals surface area contributed by atoms with Gasteiger partial charge in [0.25, 0.3) is 0 Å². The predicted molar refractivity (Wildman–Crippen MR) is 125 cm³/mol. The predicted octanol–water partition coefficient (Wildman–Crippen LogP) is 0.780. The first-order valence-corrected chi connectivity index (χ1v) is 10.9. The van der Waals surface area contributed by atoms with E-state index in [1.807, 2.05) is 0 Å². The summed E-state index contributed by atoms with van der Waals surface area (Å²) in [7, 11) is 0. The zero-order valence-electron chi connectivity index (χ0n) is 19.2. The Morgan fingerprint density at radius 2 is 1.44 bits per heavy atom. The summed E-state index contributed by atoms with van der Waals surface area (Å²) in [4.78, 5) is 59.7. The minimum atomic E-state index is -1.35. The number of carboxylic acid groups (broad SMARTS) is 2. The molecule has 0 saturated carbocycles. The van der Waals surface area contributed by atoms with Gasteiger partial charge in [0, 0.05) is 12.8 Å². The van der Waals surface area contributed by atoms with Crippen LogP contribution in [0.15, 0.2) is 54.6 Å². The third-order valence-corrected chi connectivity index (χ3v) is 4.89. The number of phenolic OH excluding ortho intramolecular Hbond substituents is 1. The number of amides is 3. The number of aromatic hydroxyl groups is 1. The molecule has 2 atom stereocenters. The van der Waals surface area contributed by atoms with Gasteiger partial charge in [0.15, 0.2) is 0 Å². The smallest absolute Gasteiger partial charge is 0.408 e. The second-order valence-corrected chi connectivity index (χ2v) is 7.73. The molecule has 12 heteroatoms. The Morgan fingerprint density at radius 3 is 2.06 bits per heavy atom. The maximum atomic E-state index is 13.0. The fourth-order valence-corrected chi connectivity index (χ4v) is 3.08. The number of carbonyl (C=O) groups is 5. The topological polar surface area (TPSA) is 191 Å². The molecule has 3 amide bonds.